The molecule has 0 saturated carbocycles. The van der Waals surface area contributed by atoms with E-state index in [0.717, 1.165) is 33.9 Å². The maximum atomic E-state index is 13.7. The Morgan fingerprint density at radius 1 is 0.975 bits per heavy atom. The van der Waals surface area contributed by atoms with E-state index < -0.39 is 5.54 Å². The van der Waals surface area contributed by atoms with Crippen molar-refractivity contribution >= 4 is 23.1 Å². The van der Waals surface area contributed by atoms with E-state index in [-0.39, 0.29) is 17.3 Å². The van der Waals surface area contributed by atoms with E-state index in [0.29, 0.717) is 11.3 Å². The Bertz CT molecular complexity index is 1700. The second kappa shape index (κ2) is 10.6. The number of carbonyl (C=O) groups is 1. The summed E-state index contributed by atoms with van der Waals surface area (Å²) in [6.45, 7) is 8.04. The zero-order valence-corrected chi connectivity index (χ0v) is 23.3. The standard InChI is InChI=1S/C32H32N6O2/c1-21-11-12-24(19-27(21)38(32(2,3)4)30(39)23-9-7-6-8-10-23)26-20-37(5)31(40)29(36-26)35-25-15-13-22(14-16-25)28-33-17-18-34-28/h6-20H,1-5H3,(H,33,34)(H,35,36). The monoisotopic (exact) mass is 532 g/mol. The molecule has 3 aromatic carbocycles. The molecule has 0 radical (unpaired) electrons. The van der Waals surface area contributed by atoms with E-state index in [4.69, 9.17) is 4.98 Å². The maximum absolute atomic E-state index is 13.7. The molecule has 2 aromatic heterocycles. The number of H-pyrrole nitrogens is 1. The summed E-state index contributed by atoms with van der Waals surface area (Å²) in [7, 11) is 1.70. The molecule has 2 heterocycles. The Morgan fingerprint density at radius 2 is 1.68 bits per heavy atom. The Balaban J connectivity index is 1.51. The maximum Gasteiger partial charge on any atom is 0.293 e. The van der Waals surface area contributed by atoms with Gasteiger partial charge in [-0.05, 0) is 75.7 Å². The van der Waals surface area contributed by atoms with Crippen LogP contribution in [0.15, 0.2) is 96.2 Å². The van der Waals surface area contributed by atoms with Crippen molar-refractivity contribution in [3.05, 3.63) is 113 Å². The summed E-state index contributed by atoms with van der Waals surface area (Å²) in [5.41, 5.74) is 4.71. The molecule has 0 atom stereocenters. The highest BCUT2D eigenvalue weighted by Crippen LogP contribution is 2.33. The zero-order valence-electron chi connectivity index (χ0n) is 23.3. The number of imidazole rings is 1. The summed E-state index contributed by atoms with van der Waals surface area (Å²) in [4.78, 5) is 40.6. The molecule has 0 aliphatic carbocycles. The molecule has 0 bridgehead atoms. The number of nitrogens with one attached hydrogen (secondary N) is 2. The van der Waals surface area contributed by atoms with E-state index in [9.17, 15) is 9.59 Å². The van der Waals surface area contributed by atoms with Gasteiger partial charge in [0.25, 0.3) is 11.5 Å². The first-order valence-corrected chi connectivity index (χ1v) is 13.1. The van der Waals surface area contributed by atoms with Crippen LogP contribution in [0.3, 0.4) is 0 Å². The number of nitrogens with zero attached hydrogens (tertiary/aromatic N) is 4. The van der Waals surface area contributed by atoms with Gasteiger partial charge in [0, 0.05) is 59.2 Å². The molecule has 5 aromatic rings. The van der Waals surface area contributed by atoms with Crippen LogP contribution in [0.2, 0.25) is 0 Å². The predicted molar refractivity (Wildman–Crippen MR) is 160 cm³/mol. The molecule has 0 aliphatic heterocycles. The van der Waals surface area contributed by atoms with Crippen molar-refractivity contribution in [3.8, 4) is 22.6 Å². The Morgan fingerprint density at radius 3 is 2.33 bits per heavy atom. The van der Waals surface area contributed by atoms with Gasteiger partial charge in [-0.25, -0.2) is 9.97 Å². The summed E-state index contributed by atoms with van der Waals surface area (Å²) in [5.74, 6) is 0.899. The molecule has 8 nitrogen and oxygen atoms in total. The number of anilines is 3. The largest absolute Gasteiger partial charge is 0.345 e. The second-order valence-corrected chi connectivity index (χ2v) is 10.7. The normalized spacial score (nSPS) is 11.3. The molecule has 1 amide bonds. The first-order chi connectivity index (χ1) is 19.1. The number of amides is 1. The smallest absolute Gasteiger partial charge is 0.293 e. The molecule has 0 saturated heterocycles. The minimum atomic E-state index is -0.484. The number of hydrogen-bond acceptors (Lipinski definition) is 5. The van der Waals surface area contributed by atoms with Crippen molar-refractivity contribution in [1.29, 1.82) is 0 Å². The van der Waals surface area contributed by atoms with Gasteiger partial charge >= 0.3 is 0 Å². The summed E-state index contributed by atoms with van der Waals surface area (Å²) in [5, 5.41) is 3.17. The van der Waals surface area contributed by atoms with Gasteiger partial charge in [0.1, 0.15) is 5.82 Å². The number of benzene rings is 3. The predicted octanol–water partition coefficient (Wildman–Crippen LogP) is 6.33. The summed E-state index contributed by atoms with van der Waals surface area (Å²) in [6, 6.07) is 22.8. The molecule has 0 spiro atoms. The van der Waals surface area contributed by atoms with Gasteiger partial charge in [-0.15, -0.1) is 0 Å². The Labute approximate surface area is 233 Å². The number of rotatable bonds is 6. The summed E-state index contributed by atoms with van der Waals surface area (Å²) in [6.07, 6.45) is 5.19. The molecule has 202 valence electrons. The van der Waals surface area contributed by atoms with Crippen LogP contribution in [-0.2, 0) is 7.05 Å². The Kier molecular flexibility index (Phi) is 7.09. The lowest BCUT2D eigenvalue weighted by Gasteiger charge is -2.37. The van der Waals surface area contributed by atoms with Crippen molar-refractivity contribution < 1.29 is 4.79 Å². The molecular formula is C32H32N6O2. The second-order valence-electron chi connectivity index (χ2n) is 10.7. The van der Waals surface area contributed by atoms with Gasteiger partial charge in [0.05, 0.1) is 5.69 Å². The van der Waals surface area contributed by atoms with Crippen molar-refractivity contribution in [3.63, 3.8) is 0 Å². The van der Waals surface area contributed by atoms with Crippen LogP contribution in [0.4, 0.5) is 17.2 Å². The number of carbonyl (C=O) groups excluding carboxylic acids is 1. The molecular weight excluding hydrogens is 500 g/mol. The first kappa shape index (κ1) is 26.6. The third-order valence-electron chi connectivity index (χ3n) is 6.63. The highest BCUT2D eigenvalue weighted by molar-refractivity contribution is 6.07. The molecule has 40 heavy (non-hydrogen) atoms. The van der Waals surface area contributed by atoms with Crippen LogP contribution >= 0.6 is 0 Å². The van der Waals surface area contributed by atoms with Crippen LogP contribution in [0, 0.1) is 6.92 Å². The van der Waals surface area contributed by atoms with Crippen molar-refractivity contribution in [1.82, 2.24) is 19.5 Å². The minimum absolute atomic E-state index is 0.0814. The van der Waals surface area contributed by atoms with Crippen molar-refractivity contribution in [2.75, 3.05) is 10.2 Å². The van der Waals surface area contributed by atoms with E-state index in [1.54, 1.807) is 25.6 Å². The van der Waals surface area contributed by atoms with Crippen LogP contribution in [0.25, 0.3) is 22.6 Å². The number of aryl methyl sites for hydroxylation is 2. The van der Waals surface area contributed by atoms with E-state index >= 15 is 0 Å². The van der Waals surface area contributed by atoms with Gasteiger partial charge in [-0.1, -0.05) is 30.3 Å². The van der Waals surface area contributed by atoms with Crippen LogP contribution in [0.5, 0.6) is 0 Å². The zero-order chi connectivity index (χ0) is 28.4. The highest BCUT2D eigenvalue weighted by Gasteiger charge is 2.30. The van der Waals surface area contributed by atoms with Crippen LogP contribution < -0.4 is 15.8 Å². The molecule has 2 N–H and O–H groups in total. The molecule has 5 rings (SSSR count). The highest BCUT2D eigenvalue weighted by atomic mass is 16.2. The van der Waals surface area contributed by atoms with Crippen molar-refractivity contribution in [2.24, 2.45) is 7.05 Å². The van der Waals surface area contributed by atoms with Gasteiger partial charge in [-0.2, -0.15) is 0 Å². The number of aromatic nitrogens is 4. The average Bonchev–Trinajstić information content (AvgIpc) is 3.48. The lowest BCUT2D eigenvalue weighted by Crippen LogP contribution is -2.46. The molecule has 8 heteroatoms. The average molecular weight is 533 g/mol. The number of aromatic amines is 1. The molecule has 0 unspecified atom stereocenters. The topological polar surface area (TPSA) is 95.9 Å². The lowest BCUT2D eigenvalue weighted by molar-refractivity contribution is 0.0965. The van der Waals surface area contributed by atoms with E-state index in [2.05, 4.69) is 15.3 Å². The van der Waals surface area contributed by atoms with Gasteiger partial charge in [0.2, 0.25) is 0 Å². The van der Waals surface area contributed by atoms with Gasteiger partial charge in [0.15, 0.2) is 5.82 Å². The third kappa shape index (κ3) is 5.42. The summed E-state index contributed by atoms with van der Waals surface area (Å²) < 4.78 is 1.51. The fraction of sp³-hybridized carbons (Fsp3) is 0.188. The SMILES string of the molecule is Cc1ccc(-c2cn(C)c(=O)c(Nc3ccc(-c4ncc[nH]4)cc3)n2)cc1N(C(=O)c1ccccc1)C(C)(C)C. The lowest BCUT2D eigenvalue weighted by atomic mass is 9.99. The van der Waals surface area contributed by atoms with E-state index in [1.165, 1.54) is 4.57 Å². The third-order valence-corrected chi connectivity index (χ3v) is 6.63. The van der Waals surface area contributed by atoms with E-state index in [1.807, 2.05) is 105 Å². The first-order valence-electron chi connectivity index (χ1n) is 13.1. The van der Waals surface area contributed by atoms with Crippen molar-refractivity contribution in [2.45, 2.75) is 33.2 Å². The Hall–Kier alpha value is -4.98. The fourth-order valence-electron chi connectivity index (χ4n) is 4.59. The molecule has 0 fully saturated rings. The number of hydrogen-bond donors (Lipinski definition) is 2. The molecule has 0 aliphatic rings. The summed E-state index contributed by atoms with van der Waals surface area (Å²) >= 11 is 0. The van der Waals surface area contributed by atoms with Crippen LogP contribution in [-0.4, -0.2) is 31.0 Å². The quantitative estimate of drug-likeness (QED) is 0.266. The van der Waals surface area contributed by atoms with Gasteiger partial charge < -0.3 is 19.8 Å². The van der Waals surface area contributed by atoms with Crippen LogP contribution in [0.1, 0.15) is 36.7 Å². The van der Waals surface area contributed by atoms with Gasteiger partial charge in [-0.3, -0.25) is 9.59 Å². The minimum Gasteiger partial charge on any atom is -0.345 e. The fourth-order valence-corrected chi connectivity index (χ4v) is 4.59.